The second-order valence-corrected chi connectivity index (χ2v) is 5.33. The van der Waals surface area contributed by atoms with Gasteiger partial charge >= 0.3 is 0 Å². The lowest BCUT2D eigenvalue weighted by Gasteiger charge is -2.21. The Kier molecular flexibility index (Phi) is 4.96. The molecule has 0 saturated heterocycles. The van der Waals surface area contributed by atoms with Gasteiger partial charge in [-0.3, -0.25) is 0 Å². The predicted molar refractivity (Wildman–Crippen MR) is 84.3 cm³/mol. The van der Waals surface area contributed by atoms with Crippen LogP contribution in [0.5, 0.6) is 0 Å². The Morgan fingerprint density at radius 2 is 1.85 bits per heavy atom. The van der Waals surface area contributed by atoms with E-state index in [-0.39, 0.29) is 0 Å². The van der Waals surface area contributed by atoms with Crippen LogP contribution in [0.3, 0.4) is 0 Å². The molecule has 3 nitrogen and oxygen atoms in total. The number of hydrogen-bond acceptors (Lipinski definition) is 3. The molecule has 0 aliphatic carbocycles. The van der Waals surface area contributed by atoms with Crippen LogP contribution in [-0.2, 0) is 13.0 Å². The van der Waals surface area contributed by atoms with Crippen molar-refractivity contribution in [3.8, 4) is 0 Å². The molecule has 1 aromatic heterocycles. The Morgan fingerprint density at radius 3 is 2.50 bits per heavy atom. The maximum Gasteiger partial charge on any atom is 0.137 e. The van der Waals surface area contributed by atoms with Crippen molar-refractivity contribution < 1.29 is 0 Å². The average molecular weight is 290 g/mol. The van der Waals surface area contributed by atoms with Crippen molar-refractivity contribution in [2.45, 2.75) is 33.2 Å². The molecule has 4 heteroatoms. The number of aromatic nitrogens is 2. The summed E-state index contributed by atoms with van der Waals surface area (Å²) in [7, 11) is 2.04. The molecule has 0 aliphatic rings. The molecule has 106 valence electrons. The summed E-state index contributed by atoms with van der Waals surface area (Å²) in [6, 6.07) is 10.3. The molecule has 0 unspecified atom stereocenters. The second-order valence-electron chi connectivity index (χ2n) is 4.97. The molecule has 1 aromatic carbocycles. The van der Waals surface area contributed by atoms with E-state index in [0.717, 1.165) is 36.6 Å². The molecule has 0 saturated carbocycles. The highest BCUT2D eigenvalue weighted by Crippen LogP contribution is 2.24. The third kappa shape index (κ3) is 3.48. The van der Waals surface area contributed by atoms with Gasteiger partial charge in [0.1, 0.15) is 16.8 Å². The summed E-state index contributed by atoms with van der Waals surface area (Å²) in [5.41, 5.74) is 2.19. The lowest BCUT2D eigenvalue weighted by molar-refractivity contribution is 0.806. The Labute approximate surface area is 125 Å². The topological polar surface area (TPSA) is 29.0 Å². The maximum atomic E-state index is 6.22. The third-order valence-corrected chi connectivity index (χ3v) is 3.57. The zero-order valence-corrected chi connectivity index (χ0v) is 13.0. The molecule has 0 bridgehead atoms. The van der Waals surface area contributed by atoms with Gasteiger partial charge < -0.3 is 4.90 Å². The van der Waals surface area contributed by atoms with Crippen LogP contribution in [0.1, 0.15) is 30.3 Å². The van der Waals surface area contributed by atoms with E-state index in [0.29, 0.717) is 5.15 Å². The van der Waals surface area contributed by atoms with E-state index in [4.69, 9.17) is 11.6 Å². The van der Waals surface area contributed by atoms with E-state index in [9.17, 15) is 0 Å². The maximum absolute atomic E-state index is 6.22. The molecule has 0 radical (unpaired) electrons. The first-order valence-electron chi connectivity index (χ1n) is 6.90. The van der Waals surface area contributed by atoms with Crippen molar-refractivity contribution in [3.05, 3.63) is 52.4 Å². The molecule has 2 rings (SSSR count). The highest BCUT2D eigenvalue weighted by molar-refractivity contribution is 6.30. The molecule has 2 aromatic rings. The minimum atomic E-state index is 0.554. The standard InChI is InChI=1S/C16H20ClN3/c1-4-8-14-18-15(17)12(2)16(19-14)20(3)11-13-9-6-5-7-10-13/h5-7,9-10H,4,8,11H2,1-3H3. The van der Waals surface area contributed by atoms with Gasteiger partial charge in [-0.1, -0.05) is 48.9 Å². The summed E-state index contributed by atoms with van der Waals surface area (Å²) >= 11 is 6.22. The summed E-state index contributed by atoms with van der Waals surface area (Å²) in [6.07, 6.45) is 1.87. The van der Waals surface area contributed by atoms with Crippen LogP contribution >= 0.6 is 11.6 Å². The van der Waals surface area contributed by atoms with Crippen molar-refractivity contribution in [2.75, 3.05) is 11.9 Å². The largest absolute Gasteiger partial charge is 0.355 e. The molecule has 1 heterocycles. The molecular weight excluding hydrogens is 270 g/mol. The number of benzene rings is 1. The zero-order chi connectivity index (χ0) is 14.5. The van der Waals surface area contributed by atoms with Gasteiger partial charge in [-0.2, -0.15) is 0 Å². The monoisotopic (exact) mass is 289 g/mol. The Balaban J connectivity index is 2.26. The molecule has 0 N–H and O–H groups in total. The van der Waals surface area contributed by atoms with E-state index in [1.54, 1.807) is 0 Å². The summed E-state index contributed by atoms with van der Waals surface area (Å²) < 4.78 is 0. The molecular formula is C16H20ClN3. The first kappa shape index (κ1) is 14.8. The predicted octanol–water partition coefficient (Wildman–Crippen LogP) is 4.03. The van der Waals surface area contributed by atoms with Crippen LogP contribution in [0.4, 0.5) is 5.82 Å². The minimum Gasteiger partial charge on any atom is -0.355 e. The van der Waals surface area contributed by atoms with Gasteiger partial charge in [0.25, 0.3) is 0 Å². The molecule has 0 amide bonds. The number of aryl methyl sites for hydroxylation is 1. The molecule has 0 fully saturated rings. The van der Waals surface area contributed by atoms with Gasteiger partial charge in [0.05, 0.1) is 0 Å². The van der Waals surface area contributed by atoms with Gasteiger partial charge in [0.15, 0.2) is 0 Å². The van der Waals surface area contributed by atoms with Crippen LogP contribution in [0, 0.1) is 6.92 Å². The van der Waals surface area contributed by atoms with Gasteiger partial charge in [-0.25, -0.2) is 9.97 Å². The first-order valence-corrected chi connectivity index (χ1v) is 7.27. The third-order valence-electron chi connectivity index (χ3n) is 3.20. The summed E-state index contributed by atoms with van der Waals surface area (Å²) in [5, 5.41) is 0.554. The van der Waals surface area contributed by atoms with Crippen molar-refractivity contribution >= 4 is 17.4 Å². The lowest BCUT2D eigenvalue weighted by Crippen LogP contribution is -2.20. The van der Waals surface area contributed by atoms with Gasteiger partial charge in [0.2, 0.25) is 0 Å². The summed E-state index contributed by atoms with van der Waals surface area (Å²) in [4.78, 5) is 11.1. The van der Waals surface area contributed by atoms with E-state index < -0.39 is 0 Å². The van der Waals surface area contributed by atoms with Gasteiger partial charge in [-0.15, -0.1) is 0 Å². The van der Waals surface area contributed by atoms with Crippen molar-refractivity contribution in [3.63, 3.8) is 0 Å². The smallest absolute Gasteiger partial charge is 0.137 e. The van der Waals surface area contributed by atoms with E-state index in [2.05, 4.69) is 33.9 Å². The van der Waals surface area contributed by atoms with Crippen molar-refractivity contribution in [1.29, 1.82) is 0 Å². The fourth-order valence-electron chi connectivity index (χ4n) is 2.16. The molecule has 20 heavy (non-hydrogen) atoms. The normalized spacial score (nSPS) is 10.6. The van der Waals surface area contributed by atoms with Crippen LogP contribution in [0.15, 0.2) is 30.3 Å². The fourth-order valence-corrected chi connectivity index (χ4v) is 2.34. The Morgan fingerprint density at radius 1 is 1.15 bits per heavy atom. The van der Waals surface area contributed by atoms with Gasteiger partial charge in [0, 0.05) is 25.6 Å². The molecule has 0 aliphatic heterocycles. The number of halogens is 1. The number of anilines is 1. The Hall–Kier alpha value is -1.61. The van der Waals surface area contributed by atoms with Crippen LogP contribution in [0.2, 0.25) is 5.15 Å². The molecule has 0 atom stereocenters. The van der Waals surface area contributed by atoms with Crippen molar-refractivity contribution in [1.82, 2.24) is 9.97 Å². The number of hydrogen-bond donors (Lipinski definition) is 0. The second kappa shape index (κ2) is 6.71. The highest BCUT2D eigenvalue weighted by Gasteiger charge is 2.13. The van der Waals surface area contributed by atoms with E-state index in [1.807, 2.05) is 32.2 Å². The Bertz CT molecular complexity index is 569. The zero-order valence-electron chi connectivity index (χ0n) is 12.2. The fraction of sp³-hybridized carbons (Fsp3) is 0.375. The SMILES string of the molecule is CCCc1nc(Cl)c(C)c(N(C)Cc2ccccc2)n1. The minimum absolute atomic E-state index is 0.554. The quantitative estimate of drug-likeness (QED) is 0.778. The van der Waals surface area contributed by atoms with Crippen LogP contribution in [0.25, 0.3) is 0 Å². The van der Waals surface area contributed by atoms with Gasteiger partial charge in [-0.05, 0) is 18.9 Å². The molecule has 0 spiro atoms. The number of nitrogens with zero attached hydrogens (tertiary/aromatic N) is 3. The van der Waals surface area contributed by atoms with Crippen LogP contribution in [-0.4, -0.2) is 17.0 Å². The van der Waals surface area contributed by atoms with E-state index in [1.165, 1.54) is 5.56 Å². The summed E-state index contributed by atoms with van der Waals surface area (Å²) in [6.45, 7) is 4.89. The van der Waals surface area contributed by atoms with Crippen LogP contribution < -0.4 is 4.90 Å². The van der Waals surface area contributed by atoms with E-state index >= 15 is 0 Å². The first-order chi connectivity index (χ1) is 9.61. The number of rotatable bonds is 5. The van der Waals surface area contributed by atoms with Crippen molar-refractivity contribution in [2.24, 2.45) is 0 Å². The average Bonchev–Trinajstić information content (AvgIpc) is 2.44. The highest BCUT2D eigenvalue weighted by atomic mass is 35.5. The summed E-state index contributed by atoms with van der Waals surface area (Å²) in [5.74, 6) is 1.73. The lowest BCUT2D eigenvalue weighted by atomic mass is 10.2.